The summed E-state index contributed by atoms with van der Waals surface area (Å²) in [5.74, 6) is 1.23. The lowest BCUT2D eigenvalue weighted by Crippen LogP contribution is -2.17. The van der Waals surface area contributed by atoms with Gasteiger partial charge in [-0.15, -0.1) is 0 Å². The zero-order valence-corrected chi connectivity index (χ0v) is 10.1. The average molecular weight is 220 g/mol. The molecule has 1 fully saturated rings. The zero-order valence-electron chi connectivity index (χ0n) is 10.1. The Labute approximate surface area is 96.7 Å². The van der Waals surface area contributed by atoms with Crippen molar-refractivity contribution in [3.05, 3.63) is 11.8 Å². The van der Waals surface area contributed by atoms with Crippen LogP contribution in [0, 0.1) is 12.3 Å². The van der Waals surface area contributed by atoms with E-state index in [1.165, 1.54) is 25.7 Å². The monoisotopic (exact) mass is 220 g/mol. The van der Waals surface area contributed by atoms with Crippen LogP contribution in [0.2, 0.25) is 0 Å². The second kappa shape index (κ2) is 4.28. The summed E-state index contributed by atoms with van der Waals surface area (Å²) in [5.41, 5.74) is 7.16. The van der Waals surface area contributed by atoms with E-state index in [2.05, 4.69) is 22.2 Å². The predicted molar refractivity (Wildman–Crippen MR) is 66.2 cm³/mol. The molecule has 2 rings (SSSR count). The molecule has 0 aliphatic heterocycles. The molecule has 0 atom stereocenters. The highest BCUT2D eigenvalue weighted by molar-refractivity contribution is 5.45. The van der Waals surface area contributed by atoms with Crippen LogP contribution in [0.25, 0.3) is 0 Å². The van der Waals surface area contributed by atoms with E-state index in [9.17, 15) is 0 Å². The van der Waals surface area contributed by atoms with Crippen molar-refractivity contribution in [2.24, 2.45) is 5.41 Å². The number of hydrogen-bond acceptors (Lipinski definition) is 4. The van der Waals surface area contributed by atoms with Crippen LogP contribution < -0.4 is 11.1 Å². The number of anilines is 2. The molecule has 1 aromatic heterocycles. The van der Waals surface area contributed by atoms with Crippen molar-refractivity contribution < 1.29 is 0 Å². The Morgan fingerprint density at radius 2 is 2.25 bits per heavy atom. The van der Waals surface area contributed by atoms with E-state index in [0.29, 0.717) is 11.4 Å². The van der Waals surface area contributed by atoms with Gasteiger partial charge in [-0.25, -0.2) is 4.98 Å². The van der Waals surface area contributed by atoms with Crippen molar-refractivity contribution in [3.8, 4) is 0 Å². The van der Waals surface area contributed by atoms with Crippen LogP contribution in [0.1, 0.15) is 38.2 Å². The Kier molecular flexibility index (Phi) is 2.99. The number of nitrogen functional groups attached to an aromatic ring is 1. The summed E-state index contributed by atoms with van der Waals surface area (Å²) in [6.07, 6.45) is 7.01. The molecule has 0 radical (unpaired) electrons. The predicted octanol–water partition coefficient (Wildman–Crippen LogP) is 2.36. The summed E-state index contributed by atoms with van der Waals surface area (Å²) in [5, 5.41) is 3.41. The van der Waals surface area contributed by atoms with E-state index in [1.54, 1.807) is 6.20 Å². The van der Waals surface area contributed by atoms with Gasteiger partial charge in [0.2, 0.25) is 5.95 Å². The number of nitrogens with zero attached hydrogens (tertiary/aromatic N) is 2. The second-order valence-corrected chi connectivity index (χ2v) is 4.86. The molecule has 4 heteroatoms. The average Bonchev–Trinajstić information content (AvgIpc) is 3.01. The van der Waals surface area contributed by atoms with Crippen LogP contribution in [-0.4, -0.2) is 16.5 Å². The molecule has 0 unspecified atom stereocenters. The highest BCUT2D eigenvalue weighted by atomic mass is 15.1. The third kappa shape index (κ3) is 2.43. The Hall–Kier alpha value is -1.32. The molecule has 1 aromatic rings. The third-order valence-electron chi connectivity index (χ3n) is 3.36. The molecule has 0 bridgehead atoms. The number of nitrogens with one attached hydrogen (secondary N) is 1. The van der Waals surface area contributed by atoms with Crippen LogP contribution in [0.4, 0.5) is 11.8 Å². The largest absolute Gasteiger partial charge is 0.369 e. The van der Waals surface area contributed by atoms with Crippen LogP contribution in [-0.2, 0) is 0 Å². The fraction of sp³-hybridized carbons (Fsp3) is 0.667. The minimum Gasteiger partial charge on any atom is -0.369 e. The molecular formula is C12H20N4. The van der Waals surface area contributed by atoms with Crippen LogP contribution >= 0.6 is 0 Å². The van der Waals surface area contributed by atoms with Gasteiger partial charge in [0.05, 0.1) is 0 Å². The standard InChI is InChI=1S/C12H20N4/c1-3-4-12(5-6-12)8-15-10-9(2)7-14-11(13)16-10/h7H,3-6,8H2,1-2H3,(H3,13,14,15,16). The molecule has 3 N–H and O–H groups in total. The quantitative estimate of drug-likeness (QED) is 0.799. The maximum Gasteiger partial charge on any atom is 0.221 e. The highest BCUT2D eigenvalue weighted by Gasteiger charge is 2.41. The molecule has 0 amide bonds. The van der Waals surface area contributed by atoms with Crippen molar-refractivity contribution in [3.63, 3.8) is 0 Å². The van der Waals surface area contributed by atoms with Gasteiger partial charge in [-0.1, -0.05) is 13.3 Å². The Balaban J connectivity index is 1.97. The molecule has 0 spiro atoms. The van der Waals surface area contributed by atoms with Gasteiger partial charge in [-0.2, -0.15) is 4.98 Å². The summed E-state index contributed by atoms with van der Waals surface area (Å²) in [4.78, 5) is 8.18. The molecular weight excluding hydrogens is 200 g/mol. The lowest BCUT2D eigenvalue weighted by atomic mass is 10.0. The minimum absolute atomic E-state index is 0.341. The van der Waals surface area contributed by atoms with Crippen molar-refractivity contribution in [2.45, 2.75) is 39.5 Å². The minimum atomic E-state index is 0.341. The first-order valence-corrected chi connectivity index (χ1v) is 5.98. The molecule has 0 saturated heterocycles. The lowest BCUT2D eigenvalue weighted by Gasteiger charge is -2.16. The van der Waals surface area contributed by atoms with E-state index in [0.717, 1.165) is 17.9 Å². The highest BCUT2D eigenvalue weighted by Crippen LogP contribution is 2.49. The number of hydrogen-bond donors (Lipinski definition) is 2. The summed E-state index contributed by atoms with van der Waals surface area (Å²) in [6, 6.07) is 0. The van der Waals surface area contributed by atoms with E-state index in [-0.39, 0.29) is 0 Å². The topological polar surface area (TPSA) is 63.8 Å². The maximum absolute atomic E-state index is 5.58. The van der Waals surface area contributed by atoms with Crippen molar-refractivity contribution >= 4 is 11.8 Å². The Morgan fingerprint density at radius 3 is 2.88 bits per heavy atom. The van der Waals surface area contributed by atoms with Gasteiger partial charge in [0, 0.05) is 18.3 Å². The molecule has 1 aliphatic rings. The smallest absolute Gasteiger partial charge is 0.221 e. The first-order chi connectivity index (χ1) is 7.65. The zero-order chi connectivity index (χ0) is 11.6. The van der Waals surface area contributed by atoms with Gasteiger partial charge in [0.1, 0.15) is 5.82 Å². The third-order valence-corrected chi connectivity index (χ3v) is 3.36. The normalized spacial score (nSPS) is 17.1. The summed E-state index contributed by atoms with van der Waals surface area (Å²) in [7, 11) is 0. The number of rotatable bonds is 5. The fourth-order valence-electron chi connectivity index (χ4n) is 2.13. The van der Waals surface area contributed by atoms with Crippen molar-refractivity contribution in [1.82, 2.24) is 9.97 Å². The van der Waals surface area contributed by atoms with Gasteiger partial charge in [-0.05, 0) is 31.6 Å². The van der Waals surface area contributed by atoms with E-state index in [1.807, 2.05) is 6.92 Å². The summed E-state index contributed by atoms with van der Waals surface area (Å²) >= 11 is 0. The number of aromatic nitrogens is 2. The SMILES string of the molecule is CCCC1(CNc2nc(N)ncc2C)CC1. The van der Waals surface area contributed by atoms with E-state index < -0.39 is 0 Å². The van der Waals surface area contributed by atoms with Gasteiger partial charge in [0.15, 0.2) is 0 Å². The Bertz CT molecular complexity index is 371. The van der Waals surface area contributed by atoms with Crippen molar-refractivity contribution in [1.29, 1.82) is 0 Å². The molecule has 1 heterocycles. The van der Waals surface area contributed by atoms with E-state index in [4.69, 9.17) is 5.73 Å². The van der Waals surface area contributed by atoms with Gasteiger partial charge < -0.3 is 11.1 Å². The summed E-state index contributed by atoms with van der Waals surface area (Å²) < 4.78 is 0. The fourth-order valence-corrected chi connectivity index (χ4v) is 2.13. The number of nitrogens with two attached hydrogens (primary N) is 1. The van der Waals surface area contributed by atoms with Crippen LogP contribution in [0.3, 0.4) is 0 Å². The maximum atomic E-state index is 5.58. The van der Waals surface area contributed by atoms with Gasteiger partial charge in [0.25, 0.3) is 0 Å². The van der Waals surface area contributed by atoms with Gasteiger partial charge in [-0.3, -0.25) is 0 Å². The number of aryl methyl sites for hydroxylation is 1. The molecule has 0 aromatic carbocycles. The first-order valence-electron chi connectivity index (χ1n) is 5.98. The first kappa shape index (κ1) is 11.2. The lowest BCUT2D eigenvalue weighted by molar-refractivity contribution is 0.485. The van der Waals surface area contributed by atoms with Crippen LogP contribution in [0.15, 0.2) is 6.20 Å². The molecule has 88 valence electrons. The van der Waals surface area contributed by atoms with Gasteiger partial charge >= 0.3 is 0 Å². The van der Waals surface area contributed by atoms with E-state index >= 15 is 0 Å². The molecule has 1 aliphatic carbocycles. The van der Waals surface area contributed by atoms with Crippen LogP contribution in [0.5, 0.6) is 0 Å². The molecule has 1 saturated carbocycles. The second-order valence-electron chi connectivity index (χ2n) is 4.86. The molecule has 16 heavy (non-hydrogen) atoms. The molecule has 4 nitrogen and oxygen atoms in total. The summed E-state index contributed by atoms with van der Waals surface area (Å²) in [6.45, 7) is 5.26. The van der Waals surface area contributed by atoms with Crippen molar-refractivity contribution in [2.75, 3.05) is 17.6 Å². The Morgan fingerprint density at radius 1 is 1.50 bits per heavy atom.